The summed E-state index contributed by atoms with van der Waals surface area (Å²) >= 11 is 0. The fourth-order valence-corrected chi connectivity index (χ4v) is 3.24. The second-order valence-corrected chi connectivity index (χ2v) is 8.00. The molecule has 138 valence electrons. The van der Waals surface area contributed by atoms with Gasteiger partial charge in [0.15, 0.2) is 0 Å². The first-order chi connectivity index (χ1) is 10.9. The standard InChI is InChI=1S/C18H30FNO4/c1-7-23-15(21)14(19)11-13-9-8-10-20(13)16(22)24-18(5,6)12-17(2,3)4/h11,13H,7-10,12H2,1-6H3/b14-11-. The number of hydrogen-bond acceptors (Lipinski definition) is 4. The highest BCUT2D eigenvalue weighted by Gasteiger charge is 2.35. The molecule has 24 heavy (non-hydrogen) atoms. The summed E-state index contributed by atoms with van der Waals surface area (Å²) in [4.78, 5) is 25.3. The molecule has 0 aromatic heterocycles. The molecule has 1 atom stereocenters. The Bertz CT molecular complexity index is 494. The van der Waals surface area contributed by atoms with Crippen molar-refractivity contribution in [2.75, 3.05) is 13.2 Å². The Balaban J connectivity index is 2.76. The summed E-state index contributed by atoms with van der Waals surface area (Å²) in [5.41, 5.74) is -0.601. The van der Waals surface area contributed by atoms with Crippen molar-refractivity contribution in [1.29, 1.82) is 0 Å². The second-order valence-electron chi connectivity index (χ2n) is 8.00. The molecule has 0 aliphatic carbocycles. The van der Waals surface area contributed by atoms with Gasteiger partial charge in [0.25, 0.3) is 0 Å². The predicted molar refractivity (Wildman–Crippen MR) is 90.2 cm³/mol. The molecular weight excluding hydrogens is 313 g/mol. The summed E-state index contributed by atoms with van der Waals surface area (Å²) in [5, 5.41) is 0. The van der Waals surface area contributed by atoms with Crippen molar-refractivity contribution in [3.63, 3.8) is 0 Å². The number of esters is 1. The number of hydrogen-bond donors (Lipinski definition) is 0. The molecular formula is C18H30FNO4. The average Bonchev–Trinajstić information content (AvgIpc) is 2.83. The zero-order chi connectivity index (χ0) is 18.5. The van der Waals surface area contributed by atoms with E-state index in [0.29, 0.717) is 19.4 Å². The van der Waals surface area contributed by atoms with Crippen molar-refractivity contribution in [2.24, 2.45) is 5.41 Å². The number of nitrogens with zero attached hydrogens (tertiary/aromatic N) is 1. The molecule has 0 aromatic carbocycles. The molecule has 0 aromatic rings. The Morgan fingerprint density at radius 1 is 1.25 bits per heavy atom. The SMILES string of the molecule is CCOC(=O)/C(F)=C/C1CCCN1C(=O)OC(C)(C)CC(C)(C)C. The van der Waals surface area contributed by atoms with Crippen LogP contribution in [-0.2, 0) is 14.3 Å². The van der Waals surface area contributed by atoms with Gasteiger partial charge in [0.05, 0.1) is 12.6 Å². The van der Waals surface area contributed by atoms with E-state index in [2.05, 4.69) is 25.5 Å². The van der Waals surface area contributed by atoms with Crippen LogP contribution in [0.3, 0.4) is 0 Å². The van der Waals surface area contributed by atoms with Crippen LogP contribution < -0.4 is 0 Å². The molecule has 1 amide bonds. The minimum Gasteiger partial charge on any atom is -0.461 e. The van der Waals surface area contributed by atoms with Crippen molar-refractivity contribution >= 4 is 12.1 Å². The quantitative estimate of drug-likeness (QED) is 0.554. The topological polar surface area (TPSA) is 55.8 Å². The molecule has 0 N–H and O–H groups in total. The predicted octanol–water partition coefficient (Wildman–Crippen LogP) is 4.22. The third-order valence-corrected chi connectivity index (χ3v) is 3.66. The lowest BCUT2D eigenvalue weighted by Gasteiger charge is -2.34. The van der Waals surface area contributed by atoms with E-state index in [4.69, 9.17) is 4.74 Å². The lowest BCUT2D eigenvalue weighted by molar-refractivity contribution is -0.140. The molecule has 0 saturated carbocycles. The molecule has 0 spiro atoms. The number of carbonyl (C=O) groups is 2. The van der Waals surface area contributed by atoms with Gasteiger partial charge in [-0.25, -0.2) is 9.59 Å². The van der Waals surface area contributed by atoms with Gasteiger partial charge in [-0.2, -0.15) is 4.39 Å². The fourth-order valence-electron chi connectivity index (χ4n) is 3.24. The van der Waals surface area contributed by atoms with E-state index in [9.17, 15) is 14.0 Å². The molecule has 1 saturated heterocycles. The van der Waals surface area contributed by atoms with Crippen molar-refractivity contribution < 1.29 is 23.5 Å². The monoisotopic (exact) mass is 343 g/mol. The maximum Gasteiger partial charge on any atom is 0.410 e. The van der Waals surface area contributed by atoms with Crippen LogP contribution in [0.5, 0.6) is 0 Å². The molecule has 0 bridgehead atoms. The lowest BCUT2D eigenvalue weighted by Crippen LogP contribution is -2.41. The molecule has 1 fully saturated rings. The van der Waals surface area contributed by atoms with Gasteiger partial charge in [0, 0.05) is 6.54 Å². The number of likely N-dealkylation sites (tertiary alicyclic amines) is 1. The first-order valence-electron chi connectivity index (χ1n) is 8.49. The first-order valence-corrected chi connectivity index (χ1v) is 8.49. The van der Waals surface area contributed by atoms with E-state index >= 15 is 0 Å². The van der Waals surface area contributed by atoms with Crippen LogP contribution in [0.15, 0.2) is 11.9 Å². The highest BCUT2D eigenvalue weighted by Crippen LogP contribution is 2.31. The van der Waals surface area contributed by atoms with Gasteiger partial charge in [-0.1, -0.05) is 20.8 Å². The highest BCUT2D eigenvalue weighted by atomic mass is 19.1. The maximum absolute atomic E-state index is 13.8. The van der Waals surface area contributed by atoms with Crippen molar-refractivity contribution in [2.45, 2.75) is 72.4 Å². The summed E-state index contributed by atoms with van der Waals surface area (Å²) < 4.78 is 24.1. The van der Waals surface area contributed by atoms with E-state index in [1.165, 1.54) is 4.90 Å². The van der Waals surface area contributed by atoms with Crippen molar-refractivity contribution in [1.82, 2.24) is 4.90 Å². The molecule has 1 aliphatic heterocycles. The Morgan fingerprint density at radius 3 is 2.42 bits per heavy atom. The van der Waals surface area contributed by atoms with Crippen LogP contribution in [-0.4, -0.2) is 41.8 Å². The first kappa shape index (κ1) is 20.5. The van der Waals surface area contributed by atoms with E-state index in [0.717, 1.165) is 12.5 Å². The van der Waals surface area contributed by atoms with Crippen LogP contribution in [0.25, 0.3) is 0 Å². The Morgan fingerprint density at radius 2 is 1.88 bits per heavy atom. The van der Waals surface area contributed by atoms with E-state index < -0.39 is 29.5 Å². The highest BCUT2D eigenvalue weighted by molar-refractivity contribution is 5.86. The van der Waals surface area contributed by atoms with Crippen molar-refractivity contribution in [3.05, 3.63) is 11.9 Å². The summed E-state index contributed by atoms with van der Waals surface area (Å²) in [6, 6.07) is -0.479. The van der Waals surface area contributed by atoms with Gasteiger partial charge in [-0.05, 0) is 51.5 Å². The van der Waals surface area contributed by atoms with Gasteiger partial charge in [0.1, 0.15) is 5.60 Å². The third kappa shape index (κ3) is 6.49. The van der Waals surface area contributed by atoms with Gasteiger partial charge in [-0.15, -0.1) is 0 Å². The van der Waals surface area contributed by atoms with Crippen LogP contribution >= 0.6 is 0 Å². The number of halogens is 1. The molecule has 1 heterocycles. The normalized spacial score (nSPS) is 19.4. The van der Waals surface area contributed by atoms with Gasteiger partial charge in [-0.3, -0.25) is 0 Å². The number of amides is 1. The molecule has 1 aliphatic rings. The molecule has 1 rings (SSSR count). The largest absolute Gasteiger partial charge is 0.461 e. The second kappa shape index (κ2) is 7.99. The third-order valence-electron chi connectivity index (χ3n) is 3.66. The molecule has 5 nitrogen and oxygen atoms in total. The van der Waals surface area contributed by atoms with Gasteiger partial charge >= 0.3 is 12.1 Å². The van der Waals surface area contributed by atoms with Crippen LogP contribution in [0.2, 0.25) is 0 Å². The van der Waals surface area contributed by atoms with E-state index in [1.54, 1.807) is 6.92 Å². The zero-order valence-electron chi connectivity index (χ0n) is 15.6. The summed E-state index contributed by atoms with van der Waals surface area (Å²) in [5.74, 6) is -1.96. The molecule has 1 unspecified atom stereocenters. The fraction of sp³-hybridized carbons (Fsp3) is 0.778. The van der Waals surface area contributed by atoms with E-state index in [-0.39, 0.29) is 12.0 Å². The van der Waals surface area contributed by atoms with Gasteiger partial charge < -0.3 is 14.4 Å². The zero-order valence-corrected chi connectivity index (χ0v) is 15.6. The minimum atomic E-state index is -0.995. The van der Waals surface area contributed by atoms with Crippen molar-refractivity contribution in [3.8, 4) is 0 Å². The molecule has 6 heteroatoms. The number of carbonyl (C=O) groups excluding carboxylic acids is 2. The Kier molecular flexibility index (Phi) is 6.81. The number of ether oxygens (including phenoxy) is 2. The summed E-state index contributed by atoms with van der Waals surface area (Å²) in [6.07, 6.45) is 2.73. The summed E-state index contributed by atoms with van der Waals surface area (Å²) in [6.45, 7) is 12.2. The van der Waals surface area contributed by atoms with Gasteiger partial charge in [0.2, 0.25) is 5.83 Å². The minimum absolute atomic E-state index is 0.0180. The van der Waals surface area contributed by atoms with Crippen LogP contribution in [0.1, 0.15) is 60.8 Å². The van der Waals surface area contributed by atoms with Crippen LogP contribution in [0.4, 0.5) is 9.18 Å². The van der Waals surface area contributed by atoms with E-state index in [1.807, 2.05) is 13.8 Å². The Hall–Kier alpha value is -1.59. The maximum atomic E-state index is 13.8. The average molecular weight is 343 g/mol. The number of rotatable bonds is 5. The lowest BCUT2D eigenvalue weighted by atomic mass is 9.84. The molecule has 0 radical (unpaired) electrons. The Labute approximate surface area is 144 Å². The summed E-state index contributed by atoms with van der Waals surface area (Å²) in [7, 11) is 0. The van der Waals surface area contributed by atoms with Crippen LogP contribution in [0, 0.1) is 5.41 Å². The smallest absolute Gasteiger partial charge is 0.410 e.